The van der Waals surface area contributed by atoms with Gasteiger partial charge in [-0.15, -0.1) is 5.10 Å². The van der Waals surface area contributed by atoms with Crippen LogP contribution in [0.5, 0.6) is 0 Å². The lowest BCUT2D eigenvalue weighted by atomic mass is 9.69. The molecule has 0 amide bonds. The van der Waals surface area contributed by atoms with Crippen molar-refractivity contribution in [3.05, 3.63) is 76.4 Å². The van der Waals surface area contributed by atoms with Crippen molar-refractivity contribution < 1.29 is 9.90 Å². The Morgan fingerprint density at radius 1 is 1.08 bits per heavy atom. The first-order valence-corrected chi connectivity index (χ1v) is 13.5. The van der Waals surface area contributed by atoms with Crippen LogP contribution in [0.25, 0.3) is 11.0 Å². The maximum absolute atomic E-state index is 12.5. The highest BCUT2D eigenvalue weighted by atomic mass is 16.4. The van der Waals surface area contributed by atoms with Crippen molar-refractivity contribution in [2.75, 3.05) is 13.1 Å². The molecule has 2 aromatic carbocycles. The number of aliphatic carboxylic acids is 1. The molecule has 1 atom stereocenters. The Bertz CT molecular complexity index is 1460. The smallest absolute Gasteiger partial charge is 0.123 e. The molecular weight excluding hydrogens is 476 g/mol. The van der Waals surface area contributed by atoms with Crippen LogP contribution in [0.2, 0.25) is 0 Å². The van der Waals surface area contributed by atoms with Crippen molar-refractivity contribution in [2.24, 2.45) is 12.5 Å². The summed E-state index contributed by atoms with van der Waals surface area (Å²) < 4.78 is 3.96. The van der Waals surface area contributed by atoms with Crippen molar-refractivity contribution >= 4 is 17.0 Å². The monoisotopic (exact) mass is 513 g/mol. The van der Waals surface area contributed by atoms with E-state index in [0.29, 0.717) is 6.54 Å². The van der Waals surface area contributed by atoms with Crippen LogP contribution in [0.3, 0.4) is 0 Å². The summed E-state index contributed by atoms with van der Waals surface area (Å²) in [6.45, 7) is 11.4. The fourth-order valence-corrected chi connectivity index (χ4v) is 5.84. The number of rotatable bonds is 8. The van der Waals surface area contributed by atoms with E-state index >= 15 is 0 Å². The van der Waals surface area contributed by atoms with Gasteiger partial charge >= 0.3 is 0 Å². The molecule has 1 aliphatic heterocycles. The molecule has 2 aromatic heterocycles. The number of aryl methyl sites for hydroxylation is 3. The number of hydrogen-bond acceptors (Lipinski definition) is 6. The van der Waals surface area contributed by atoms with Crippen LogP contribution in [0, 0.1) is 19.3 Å². The largest absolute Gasteiger partial charge is 0.550 e. The van der Waals surface area contributed by atoms with Gasteiger partial charge in [0, 0.05) is 43.3 Å². The van der Waals surface area contributed by atoms with Crippen LogP contribution in [-0.2, 0) is 24.9 Å². The number of aromatic nitrogens is 5. The van der Waals surface area contributed by atoms with E-state index in [4.69, 9.17) is 0 Å². The molecular formula is C30H37N6O2-. The average Bonchev–Trinajstić information content (AvgIpc) is 3.49. The van der Waals surface area contributed by atoms with Gasteiger partial charge in [0.1, 0.15) is 11.3 Å². The van der Waals surface area contributed by atoms with Gasteiger partial charge in [-0.2, -0.15) is 0 Å². The Kier molecular flexibility index (Phi) is 7.09. The van der Waals surface area contributed by atoms with Gasteiger partial charge in [-0.05, 0) is 73.7 Å². The number of hydrogen-bond donors (Lipinski definition) is 0. The molecule has 3 heterocycles. The third-order valence-corrected chi connectivity index (χ3v) is 8.30. The van der Waals surface area contributed by atoms with Gasteiger partial charge in [0.2, 0.25) is 0 Å². The zero-order valence-corrected chi connectivity index (χ0v) is 23.1. The van der Waals surface area contributed by atoms with Gasteiger partial charge < -0.3 is 14.5 Å². The molecule has 200 valence electrons. The van der Waals surface area contributed by atoms with Gasteiger partial charge in [-0.3, -0.25) is 4.90 Å². The number of likely N-dealkylation sites (tertiary alicyclic amines) is 1. The predicted molar refractivity (Wildman–Crippen MR) is 146 cm³/mol. The fraction of sp³-hybridized carbons (Fsp3) is 0.467. The highest BCUT2D eigenvalue weighted by Crippen LogP contribution is 2.43. The standard InChI is InChI=1S/C30H38N6O2/c1-20-9-10-22(17-23(20)18-36-16-13-31-26(36)19-35-14-7-6-8-15-35)27(30(3,4)29(37)38)24-11-12-25-28(21(24)2)32-33-34(25)5/h9-13,16-17,27H,6-8,14-15,18-19H2,1-5H3,(H,37,38)/p-1. The van der Waals surface area contributed by atoms with Crippen LogP contribution in [-0.4, -0.2) is 48.5 Å². The molecule has 1 fully saturated rings. The molecule has 1 saturated heterocycles. The zero-order chi connectivity index (χ0) is 27.0. The summed E-state index contributed by atoms with van der Waals surface area (Å²) in [5.74, 6) is -0.442. The molecule has 0 saturated carbocycles. The number of benzene rings is 2. The van der Waals surface area contributed by atoms with Gasteiger partial charge in [-0.25, -0.2) is 9.67 Å². The minimum atomic E-state index is -1.15. The predicted octanol–water partition coefficient (Wildman–Crippen LogP) is 3.72. The Labute approximate surface area is 224 Å². The maximum atomic E-state index is 12.5. The molecule has 5 rings (SSSR count). The van der Waals surface area contributed by atoms with E-state index < -0.39 is 17.3 Å². The topological polar surface area (TPSA) is 91.9 Å². The van der Waals surface area contributed by atoms with Gasteiger partial charge in [0.05, 0.1) is 12.1 Å². The number of carbonyl (C=O) groups excluding carboxylic acids is 1. The van der Waals surface area contributed by atoms with Gasteiger partial charge in [-0.1, -0.05) is 49.7 Å². The van der Waals surface area contributed by atoms with Crippen LogP contribution in [0.15, 0.2) is 42.7 Å². The molecule has 0 radical (unpaired) electrons. The highest BCUT2D eigenvalue weighted by molar-refractivity contribution is 5.81. The average molecular weight is 514 g/mol. The number of nitrogens with zero attached hydrogens (tertiary/aromatic N) is 6. The van der Waals surface area contributed by atoms with E-state index in [2.05, 4.69) is 49.9 Å². The van der Waals surface area contributed by atoms with E-state index in [9.17, 15) is 9.90 Å². The number of carboxylic acid groups (broad SMARTS) is 1. The molecule has 0 bridgehead atoms. The van der Waals surface area contributed by atoms with Gasteiger partial charge in [0.25, 0.3) is 0 Å². The normalized spacial score (nSPS) is 15.7. The lowest BCUT2D eigenvalue weighted by Crippen LogP contribution is -2.42. The summed E-state index contributed by atoms with van der Waals surface area (Å²) in [4.78, 5) is 19.6. The molecule has 8 heteroatoms. The molecule has 8 nitrogen and oxygen atoms in total. The van der Waals surface area contributed by atoms with Crippen molar-refractivity contribution in [2.45, 2.75) is 66.0 Å². The van der Waals surface area contributed by atoms with Crippen molar-refractivity contribution in [3.8, 4) is 0 Å². The first-order chi connectivity index (χ1) is 18.2. The lowest BCUT2D eigenvalue weighted by Gasteiger charge is -2.37. The summed E-state index contributed by atoms with van der Waals surface area (Å²) >= 11 is 0. The Morgan fingerprint density at radius 2 is 1.84 bits per heavy atom. The second kappa shape index (κ2) is 10.3. The quantitative estimate of drug-likeness (QED) is 0.357. The molecule has 1 unspecified atom stereocenters. The summed E-state index contributed by atoms with van der Waals surface area (Å²) in [5, 5.41) is 21.0. The van der Waals surface area contributed by atoms with Crippen LogP contribution < -0.4 is 5.11 Å². The van der Waals surface area contributed by atoms with Crippen molar-refractivity contribution in [1.82, 2.24) is 29.4 Å². The molecule has 4 aromatic rings. The second-order valence-corrected chi connectivity index (χ2v) is 11.3. The lowest BCUT2D eigenvalue weighted by molar-refractivity contribution is -0.318. The van der Waals surface area contributed by atoms with Crippen molar-refractivity contribution in [3.63, 3.8) is 0 Å². The summed E-state index contributed by atoms with van der Waals surface area (Å²) in [5.41, 5.74) is 5.69. The number of carboxylic acids is 1. The molecule has 1 aliphatic rings. The zero-order valence-electron chi connectivity index (χ0n) is 23.1. The van der Waals surface area contributed by atoms with Crippen molar-refractivity contribution in [1.29, 1.82) is 0 Å². The Morgan fingerprint density at radius 3 is 2.58 bits per heavy atom. The summed E-state index contributed by atoms with van der Waals surface area (Å²) in [6.07, 6.45) is 7.72. The highest BCUT2D eigenvalue weighted by Gasteiger charge is 2.35. The third-order valence-electron chi connectivity index (χ3n) is 8.30. The molecule has 38 heavy (non-hydrogen) atoms. The number of carbonyl (C=O) groups is 1. The minimum Gasteiger partial charge on any atom is -0.550 e. The maximum Gasteiger partial charge on any atom is 0.123 e. The van der Waals surface area contributed by atoms with E-state index in [1.54, 1.807) is 18.5 Å². The summed E-state index contributed by atoms with van der Waals surface area (Å²) in [6, 6.07) is 10.3. The number of fused-ring (bicyclic) bond motifs is 1. The minimum absolute atomic E-state index is 0.422. The first kappa shape index (κ1) is 26.1. The van der Waals surface area contributed by atoms with Crippen LogP contribution in [0.4, 0.5) is 0 Å². The third kappa shape index (κ3) is 4.85. The fourth-order valence-electron chi connectivity index (χ4n) is 5.84. The van der Waals surface area contributed by atoms with Gasteiger partial charge in [0.15, 0.2) is 0 Å². The second-order valence-electron chi connectivity index (χ2n) is 11.3. The molecule has 0 spiro atoms. The number of imidazole rings is 1. The van der Waals surface area contributed by atoms with Crippen LogP contribution >= 0.6 is 0 Å². The molecule has 0 N–H and O–H groups in total. The van der Waals surface area contributed by atoms with E-state index in [1.807, 2.05) is 38.5 Å². The summed E-state index contributed by atoms with van der Waals surface area (Å²) in [7, 11) is 1.86. The SMILES string of the molecule is Cc1ccc(C(c2ccc3c(nnn3C)c2C)C(C)(C)C(=O)[O-])cc1Cn1ccnc1CN1CCCCC1. The Balaban J connectivity index is 1.53. The van der Waals surface area contributed by atoms with Crippen LogP contribution in [0.1, 0.15) is 72.7 Å². The van der Waals surface area contributed by atoms with E-state index in [0.717, 1.165) is 64.3 Å². The first-order valence-electron chi connectivity index (χ1n) is 13.5. The molecule has 0 aliphatic carbocycles. The van der Waals surface area contributed by atoms with E-state index in [1.165, 1.54) is 19.3 Å². The Hall–Kier alpha value is -3.52. The van der Waals surface area contributed by atoms with E-state index in [-0.39, 0.29) is 0 Å². The number of piperidine rings is 1.